The molecule has 0 unspecified atom stereocenters. The van der Waals surface area contributed by atoms with Crippen molar-refractivity contribution in [3.05, 3.63) is 398 Å². The summed E-state index contributed by atoms with van der Waals surface area (Å²) in [7, 11) is 0. The lowest BCUT2D eigenvalue weighted by atomic mass is 9.33. The fourth-order valence-electron chi connectivity index (χ4n) is 22.9. The van der Waals surface area contributed by atoms with Gasteiger partial charge in [-0.2, -0.15) is 0 Å². The Hall–Kier alpha value is -14.2. The average molecular weight is 1560 g/mol. The number of hydrogen-bond donors (Lipinski definition) is 0. The zero-order chi connectivity index (χ0) is 81.8. The zero-order valence-corrected chi connectivity index (χ0v) is 70.0. The van der Waals surface area contributed by atoms with Crippen LogP contribution in [0.2, 0.25) is 0 Å². The van der Waals surface area contributed by atoms with Crippen LogP contribution in [-0.4, -0.2) is 20.4 Å². The standard InChI is InChI=1S/C116H90BN5/c1-113(2)71-115(5,6)98-65-83(41-53-96(98)113)77-37-47-85(48-38-77)118-108-67-87(120-102-35-23-21-33-90(102)92-61-79(43-57-104(92)120)73-25-13-9-14-26-73)51-55-100(108)117-101-56-52-88(121-103-36-24-22-34-91(103)93-62-80(44-58-105(93)121)74-27-15-10-16-28-74)68-109(101)119(86-49-39-78(40-50-86)84-42-54-97-99(66-84)116(7,8)72-114(97,3)4)111-70-89(69-110(118)112(111)117)122-106-59-45-81(75-29-17-11-18-30-75)63-94(106)95-64-82(46-60-107(95)122)76-31-19-12-20-32-76/h9-70H,71-72H2,1-8H3. The van der Waals surface area contributed by atoms with Crippen LogP contribution >= 0.6 is 0 Å². The second kappa shape index (κ2) is 26.7. The van der Waals surface area contributed by atoms with Gasteiger partial charge in [0, 0.05) is 77.8 Å². The number of fused-ring (bicyclic) bond motifs is 15. The van der Waals surface area contributed by atoms with E-state index >= 15 is 0 Å². The number of aromatic nitrogens is 3. The van der Waals surface area contributed by atoms with Gasteiger partial charge in [0.2, 0.25) is 0 Å². The third-order valence-corrected chi connectivity index (χ3v) is 28.0. The Morgan fingerprint density at radius 3 is 0.820 bits per heavy atom. The summed E-state index contributed by atoms with van der Waals surface area (Å²) >= 11 is 0. The second-order valence-electron chi connectivity index (χ2n) is 37.4. The molecule has 0 bridgehead atoms. The van der Waals surface area contributed by atoms with E-state index in [4.69, 9.17) is 0 Å². The van der Waals surface area contributed by atoms with Crippen LogP contribution in [0.1, 0.15) is 90.5 Å². The summed E-state index contributed by atoms with van der Waals surface area (Å²) in [6.45, 7) is 19.1. The van der Waals surface area contributed by atoms with E-state index in [2.05, 4.69) is 455 Å². The minimum atomic E-state index is -0.246. The Labute approximate surface area is 713 Å². The Balaban J connectivity index is 0.797. The molecule has 0 saturated heterocycles. The molecule has 3 aromatic heterocycles. The molecule has 20 aromatic rings. The number of anilines is 6. The van der Waals surface area contributed by atoms with Gasteiger partial charge in [-0.15, -0.1) is 0 Å². The summed E-state index contributed by atoms with van der Waals surface area (Å²) in [5, 5.41) is 7.24. The van der Waals surface area contributed by atoms with E-state index < -0.39 is 0 Å². The van der Waals surface area contributed by atoms with Crippen LogP contribution in [-0.2, 0) is 21.7 Å². The van der Waals surface area contributed by atoms with Gasteiger partial charge >= 0.3 is 0 Å². The summed E-state index contributed by atoms with van der Waals surface area (Å²) in [5.74, 6) is 0. The summed E-state index contributed by atoms with van der Waals surface area (Å²) in [6, 6.07) is 144. The number of nitrogens with zero attached hydrogens (tertiary/aromatic N) is 5. The topological polar surface area (TPSA) is 21.3 Å². The number of rotatable bonds is 11. The maximum atomic E-state index is 2.64. The lowest BCUT2D eigenvalue weighted by Gasteiger charge is -2.44. The van der Waals surface area contributed by atoms with Gasteiger partial charge in [-0.1, -0.05) is 310 Å². The van der Waals surface area contributed by atoms with Crippen LogP contribution in [0.5, 0.6) is 0 Å². The van der Waals surface area contributed by atoms with E-state index in [0.29, 0.717) is 0 Å². The summed E-state index contributed by atoms with van der Waals surface area (Å²) in [5.41, 5.74) is 40.9. The highest BCUT2D eigenvalue weighted by Gasteiger charge is 2.47. The molecule has 24 rings (SSSR count). The first kappa shape index (κ1) is 71.9. The Morgan fingerprint density at radius 1 is 0.197 bits per heavy atom. The minimum absolute atomic E-state index is 0.0429. The largest absolute Gasteiger partial charge is 0.311 e. The van der Waals surface area contributed by atoms with Crippen LogP contribution < -0.4 is 26.2 Å². The van der Waals surface area contributed by atoms with Crippen molar-refractivity contribution in [2.75, 3.05) is 9.80 Å². The zero-order valence-electron chi connectivity index (χ0n) is 70.0. The second-order valence-corrected chi connectivity index (χ2v) is 37.4. The molecule has 0 amide bonds. The van der Waals surface area contributed by atoms with E-state index in [1.54, 1.807) is 0 Å². The molecule has 122 heavy (non-hydrogen) atoms. The first-order valence-electron chi connectivity index (χ1n) is 43.4. The molecule has 5 nitrogen and oxygen atoms in total. The van der Waals surface area contributed by atoms with Gasteiger partial charge in [-0.05, 0) is 261 Å². The van der Waals surface area contributed by atoms with E-state index in [0.717, 1.165) is 97.1 Å². The van der Waals surface area contributed by atoms with Crippen LogP contribution in [0.3, 0.4) is 0 Å². The molecule has 5 heterocycles. The van der Waals surface area contributed by atoms with Crippen LogP contribution in [0.25, 0.3) is 149 Å². The summed E-state index contributed by atoms with van der Waals surface area (Å²) in [6.07, 6.45) is 2.22. The quantitative estimate of drug-likeness (QED) is 0.120. The maximum absolute atomic E-state index is 2.64. The molecule has 0 spiro atoms. The van der Waals surface area contributed by atoms with Crippen molar-refractivity contribution >= 4 is 123 Å². The molecule has 17 aromatic carbocycles. The lowest BCUT2D eigenvalue weighted by molar-refractivity contribution is 0.402. The number of hydrogen-bond acceptors (Lipinski definition) is 2. The monoisotopic (exact) mass is 1560 g/mol. The van der Waals surface area contributed by atoms with E-state index in [1.165, 1.54) is 138 Å². The number of para-hydroxylation sites is 2. The lowest BCUT2D eigenvalue weighted by Crippen LogP contribution is -2.61. The van der Waals surface area contributed by atoms with Crippen molar-refractivity contribution in [1.29, 1.82) is 0 Å². The van der Waals surface area contributed by atoms with Crippen LogP contribution in [0.4, 0.5) is 34.1 Å². The highest BCUT2D eigenvalue weighted by molar-refractivity contribution is 7.00. The van der Waals surface area contributed by atoms with E-state index in [1.807, 2.05) is 0 Å². The fraction of sp³-hybridized carbons (Fsp3) is 0.121. The van der Waals surface area contributed by atoms with Gasteiger partial charge in [0.1, 0.15) is 0 Å². The highest BCUT2D eigenvalue weighted by Crippen LogP contribution is 2.55. The van der Waals surface area contributed by atoms with Gasteiger partial charge in [-0.3, -0.25) is 0 Å². The maximum Gasteiger partial charge on any atom is 0.252 e. The molecule has 0 fully saturated rings. The van der Waals surface area contributed by atoms with E-state index in [-0.39, 0.29) is 28.4 Å². The molecule has 0 saturated carbocycles. The predicted octanol–water partition coefficient (Wildman–Crippen LogP) is 29.0. The Morgan fingerprint density at radius 2 is 0.459 bits per heavy atom. The van der Waals surface area contributed by atoms with Gasteiger partial charge in [0.25, 0.3) is 6.71 Å². The van der Waals surface area contributed by atoms with E-state index in [9.17, 15) is 0 Å². The highest BCUT2D eigenvalue weighted by atomic mass is 15.2. The van der Waals surface area contributed by atoms with Crippen molar-refractivity contribution in [2.24, 2.45) is 0 Å². The van der Waals surface area contributed by atoms with Gasteiger partial charge in [-0.25, -0.2) is 0 Å². The Bertz CT molecular complexity index is 7280. The molecule has 582 valence electrons. The van der Waals surface area contributed by atoms with Crippen molar-refractivity contribution in [2.45, 2.75) is 89.9 Å². The molecule has 6 heteroatoms. The minimum Gasteiger partial charge on any atom is -0.311 e. The van der Waals surface area contributed by atoms with Crippen molar-refractivity contribution < 1.29 is 0 Å². The van der Waals surface area contributed by atoms with Gasteiger partial charge in [0.15, 0.2) is 0 Å². The van der Waals surface area contributed by atoms with Crippen molar-refractivity contribution in [3.8, 4) is 83.8 Å². The Kier molecular flexibility index (Phi) is 15.7. The molecular formula is C116H90BN5. The normalized spacial score (nSPS) is 15.0. The van der Waals surface area contributed by atoms with Crippen molar-refractivity contribution in [3.63, 3.8) is 0 Å². The third-order valence-electron chi connectivity index (χ3n) is 28.0. The summed E-state index contributed by atoms with van der Waals surface area (Å²) in [4.78, 5) is 5.29. The molecule has 0 atom stereocenters. The summed E-state index contributed by atoms with van der Waals surface area (Å²) < 4.78 is 7.62. The molecular weight excluding hydrogens is 1470 g/mol. The SMILES string of the molecule is CC1(C)CC(C)(C)c2cc(-c3ccc(N4c5cc(-n6c7ccccc7c7cc(-c8ccccc8)ccc76)ccc5B5c6ccc(-n7c8ccccc8c8cc(-c9ccccc9)ccc87)cc6N(c6ccc(-c7ccc8c(c7)C(C)(C)CC8(C)C)cc6)c6cc(-n7c8ccc(-c9ccccc9)cc8c8cc(-c9ccccc9)ccc87)cc4c65)cc3)ccc21. The van der Waals surface area contributed by atoms with Crippen LogP contribution in [0.15, 0.2) is 376 Å². The fourth-order valence-corrected chi connectivity index (χ4v) is 22.9. The predicted molar refractivity (Wildman–Crippen MR) is 517 cm³/mol. The molecule has 2 aliphatic carbocycles. The molecule has 2 aliphatic heterocycles. The molecule has 0 N–H and O–H groups in total. The molecule has 0 radical (unpaired) electrons. The average Bonchev–Trinajstić information content (AvgIpc) is 0.828. The van der Waals surface area contributed by atoms with Gasteiger partial charge in [0.05, 0.1) is 38.8 Å². The first-order valence-corrected chi connectivity index (χ1v) is 43.4. The third kappa shape index (κ3) is 11.1. The smallest absolute Gasteiger partial charge is 0.252 e. The van der Waals surface area contributed by atoms with Crippen LogP contribution in [0, 0.1) is 0 Å². The first-order chi connectivity index (χ1) is 59.4. The number of benzene rings is 17. The van der Waals surface area contributed by atoms with Crippen molar-refractivity contribution in [1.82, 2.24) is 13.7 Å². The van der Waals surface area contributed by atoms with Gasteiger partial charge < -0.3 is 23.5 Å². The molecule has 4 aliphatic rings.